The molecule has 2 N–H and O–H groups in total. The predicted molar refractivity (Wildman–Crippen MR) is 81.0 cm³/mol. The molecule has 110 valence electrons. The van der Waals surface area contributed by atoms with Crippen LogP contribution in [0.1, 0.15) is 16.1 Å². The first kappa shape index (κ1) is 14.1. The van der Waals surface area contributed by atoms with E-state index in [1.165, 1.54) is 17.4 Å². The van der Waals surface area contributed by atoms with Crippen molar-refractivity contribution in [2.45, 2.75) is 19.5 Å². The summed E-state index contributed by atoms with van der Waals surface area (Å²) in [6, 6.07) is 3.28. The summed E-state index contributed by atoms with van der Waals surface area (Å²) in [4.78, 5) is 30.9. The van der Waals surface area contributed by atoms with Crippen LogP contribution in [0.5, 0.6) is 0 Å². The van der Waals surface area contributed by atoms with Gasteiger partial charge in [-0.1, -0.05) is 11.3 Å². The number of hydrogen-bond acceptors (Lipinski definition) is 6. The van der Waals surface area contributed by atoms with Crippen molar-refractivity contribution in [2.24, 2.45) is 0 Å². The summed E-state index contributed by atoms with van der Waals surface area (Å²) in [5.74, 6) is 0. The van der Waals surface area contributed by atoms with Crippen molar-refractivity contribution in [2.75, 3.05) is 6.54 Å². The van der Waals surface area contributed by atoms with Gasteiger partial charge in [-0.05, 0) is 18.3 Å². The largest absolute Gasteiger partial charge is 0.335 e. The van der Waals surface area contributed by atoms with Crippen LogP contribution in [0.15, 0.2) is 16.9 Å². The lowest BCUT2D eigenvalue weighted by atomic mass is 10.1. The number of aromatic nitrogens is 2. The fourth-order valence-electron chi connectivity index (χ4n) is 2.42. The molecular formula is C12H12N4O3S2. The molecule has 1 aliphatic rings. The zero-order valence-electron chi connectivity index (χ0n) is 10.9. The zero-order valence-corrected chi connectivity index (χ0v) is 12.6. The number of aromatic amines is 2. The topological polar surface area (TPSA) is 95.0 Å². The van der Waals surface area contributed by atoms with E-state index in [1.807, 2.05) is 0 Å². The van der Waals surface area contributed by atoms with Crippen LogP contribution >= 0.6 is 23.6 Å². The fourth-order valence-corrected chi connectivity index (χ4v) is 3.50. The number of rotatable bonds is 3. The molecule has 0 radical (unpaired) electrons. The minimum atomic E-state index is -0.384. The van der Waals surface area contributed by atoms with Gasteiger partial charge in [-0.2, -0.15) is 0 Å². The van der Waals surface area contributed by atoms with Gasteiger partial charge in [0.25, 0.3) is 5.56 Å². The molecule has 0 saturated heterocycles. The highest BCUT2D eigenvalue weighted by Gasteiger charge is 2.21. The summed E-state index contributed by atoms with van der Waals surface area (Å²) in [7, 11) is 0. The van der Waals surface area contributed by atoms with Gasteiger partial charge in [0.15, 0.2) is 4.77 Å². The highest BCUT2D eigenvalue weighted by Crippen LogP contribution is 2.26. The van der Waals surface area contributed by atoms with Crippen LogP contribution < -0.4 is 5.56 Å². The van der Waals surface area contributed by atoms with Crippen molar-refractivity contribution in [1.82, 2.24) is 14.9 Å². The number of thiophene rings is 1. The Balaban J connectivity index is 1.78. The van der Waals surface area contributed by atoms with Crippen molar-refractivity contribution in [3.05, 3.63) is 53.5 Å². The Labute approximate surface area is 128 Å². The molecule has 0 bridgehead atoms. The molecule has 7 nitrogen and oxygen atoms in total. The smallest absolute Gasteiger partial charge is 0.324 e. The highest BCUT2D eigenvalue weighted by atomic mass is 32.1. The standard InChI is InChI=1S/C12H12N4O3S2/c17-11-8-6-15(4-3-9(8)13-12(20)14-11)5-7-1-2-10(21-7)16(18)19/h1-2H,3-6H2,(H2,13,14,17,20). The average molecular weight is 324 g/mol. The van der Waals surface area contributed by atoms with E-state index in [4.69, 9.17) is 12.2 Å². The molecular weight excluding hydrogens is 312 g/mol. The van der Waals surface area contributed by atoms with Gasteiger partial charge >= 0.3 is 5.00 Å². The van der Waals surface area contributed by atoms with Gasteiger partial charge in [0.1, 0.15) is 0 Å². The molecule has 1 aliphatic heterocycles. The first-order valence-corrected chi connectivity index (χ1v) is 7.55. The van der Waals surface area contributed by atoms with Crippen molar-refractivity contribution < 1.29 is 4.92 Å². The lowest BCUT2D eigenvalue weighted by molar-refractivity contribution is -0.380. The highest BCUT2D eigenvalue weighted by molar-refractivity contribution is 7.71. The Hall–Kier alpha value is -1.84. The van der Waals surface area contributed by atoms with Gasteiger partial charge in [0.05, 0.1) is 10.5 Å². The molecule has 0 amide bonds. The zero-order chi connectivity index (χ0) is 15.0. The van der Waals surface area contributed by atoms with Crippen molar-refractivity contribution in [3.63, 3.8) is 0 Å². The second-order valence-corrected chi connectivity index (χ2v) is 6.38. The molecule has 0 aromatic carbocycles. The lowest BCUT2D eigenvalue weighted by Gasteiger charge is -2.27. The van der Waals surface area contributed by atoms with E-state index >= 15 is 0 Å². The Bertz CT molecular complexity index is 807. The van der Waals surface area contributed by atoms with Gasteiger partial charge in [-0.15, -0.1) is 0 Å². The maximum Gasteiger partial charge on any atom is 0.324 e. The van der Waals surface area contributed by atoms with Crippen LogP contribution in [-0.2, 0) is 19.5 Å². The second-order valence-electron chi connectivity index (χ2n) is 4.82. The monoisotopic (exact) mass is 324 g/mol. The SMILES string of the molecule is O=c1[nH]c(=S)[nH]c2c1CN(Cc1ccc([N+](=O)[O-])s1)CC2. The van der Waals surface area contributed by atoms with E-state index in [0.717, 1.165) is 23.5 Å². The number of nitrogens with one attached hydrogen (secondary N) is 2. The summed E-state index contributed by atoms with van der Waals surface area (Å²) in [5, 5.41) is 10.8. The second kappa shape index (κ2) is 5.51. The molecule has 0 spiro atoms. The number of fused-ring (bicyclic) bond motifs is 1. The van der Waals surface area contributed by atoms with Crippen LogP contribution in [0.3, 0.4) is 0 Å². The summed E-state index contributed by atoms with van der Waals surface area (Å²) in [6.07, 6.45) is 0.719. The normalized spacial score (nSPS) is 14.9. The van der Waals surface area contributed by atoms with Gasteiger partial charge in [-0.3, -0.25) is 24.8 Å². The molecule has 0 aliphatic carbocycles. The molecule has 2 aromatic heterocycles. The number of nitro groups is 1. The van der Waals surface area contributed by atoms with E-state index in [-0.39, 0.29) is 15.5 Å². The summed E-state index contributed by atoms with van der Waals surface area (Å²) >= 11 is 6.13. The maximum absolute atomic E-state index is 11.9. The minimum absolute atomic E-state index is 0.143. The first-order chi connectivity index (χ1) is 10.0. The molecule has 0 fully saturated rings. The molecule has 9 heteroatoms. The van der Waals surface area contributed by atoms with Crippen molar-refractivity contribution in [3.8, 4) is 0 Å². The number of nitrogens with zero attached hydrogens (tertiary/aromatic N) is 2. The van der Waals surface area contributed by atoms with Gasteiger partial charge in [0.2, 0.25) is 0 Å². The van der Waals surface area contributed by atoms with Crippen molar-refractivity contribution in [1.29, 1.82) is 0 Å². The molecule has 0 saturated carbocycles. The average Bonchev–Trinajstić information content (AvgIpc) is 2.88. The molecule has 3 rings (SSSR count). The summed E-state index contributed by atoms with van der Waals surface area (Å²) < 4.78 is 0.348. The minimum Gasteiger partial charge on any atom is -0.335 e. The molecule has 0 unspecified atom stereocenters. The van der Waals surface area contributed by atoms with E-state index in [9.17, 15) is 14.9 Å². The van der Waals surface area contributed by atoms with Crippen molar-refractivity contribution >= 4 is 28.6 Å². The molecule has 0 atom stereocenters. The third kappa shape index (κ3) is 2.94. The number of H-pyrrole nitrogens is 2. The Morgan fingerprint density at radius 2 is 2.24 bits per heavy atom. The van der Waals surface area contributed by atoms with Crippen LogP contribution in [0.4, 0.5) is 5.00 Å². The summed E-state index contributed by atoms with van der Waals surface area (Å²) in [5.41, 5.74) is 1.42. The molecule has 2 aromatic rings. The fraction of sp³-hybridized carbons (Fsp3) is 0.333. The van der Waals surface area contributed by atoms with Gasteiger partial charge < -0.3 is 4.98 Å². The maximum atomic E-state index is 11.9. The van der Waals surface area contributed by atoms with Gasteiger partial charge in [-0.25, -0.2) is 0 Å². The Morgan fingerprint density at radius 1 is 1.43 bits per heavy atom. The predicted octanol–water partition coefficient (Wildman–Crippen LogP) is 1.96. The van der Waals surface area contributed by atoms with E-state index < -0.39 is 0 Å². The summed E-state index contributed by atoms with van der Waals surface area (Å²) in [6.45, 7) is 1.91. The third-order valence-corrected chi connectivity index (χ3v) is 4.62. The molecule has 21 heavy (non-hydrogen) atoms. The molecule has 3 heterocycles. The van der Waals surface area contributed by atoms with Gasteiger partial charge in [0, 0.05) is 42.7 Å². The third-order valence-electron chi connectivity index (χ3n) is 3.40. The van der Waals surface area contributed by atoms with E-state index in [2.05, 4.69) is 14.9 Å². The number of hydrogen-bond donors (Lipinski definition) is 2. The van der Waals surface area contributed by atoms with Crippen LogP contribution in [0, 0.1) is 14.9 Å². The van der Waals surface area contributed by atoms with Crippen LogP contribution in [0.2, 0.25) is 0 Å². The van der Waals surface area contributed by atoms with Crippen LogP contribution in [-0.4, -0.2) is 26.3 Å². The quantitative estimate of drug-likeness (QED) is 0.511. The Morgan fingerprint density at radius 3 is 2.95 bits per heavy atom. The lowest BCUT2D eigenvalue weighted by Crippen LogP contribution is -2.35. The van der Waals surface area contributed by atoms with E-state index in [0.29, 0.717) is 23.4 Å². The van der Waals surface area contributed by atoms with E-state index in [1.54, 1.807) is 6.07 Å². The Kier molecular flexibility index (Phi) is 3.70. The van der Waals surface area contributed by atoms with Crippen LogP contribution in [0.25, 0.3) is 0 Å². The first-order valence-electron chi connectivity index (χ1n) is 6.33.